The molecule has 5 heteroatoms. The molecule has 1 fully saturated rings. The molecule has 1 aromatic rings. The second-order valence-electron chi connectivity index (χ2n) is 4.64. The number of hydrogen-bond acceptors (Lipinski definition) is 4. The van der Waals surface area contributed by atoms with E-state index in [1.54, 1.807) is 11.3 Å². The number of carbonyl (C=O) groups is 1. The summed E-state index contributed by atoms with van der Waals surface area (Å²) in [7, 11) is 0. The molecule has 0 bridgehead atoms. The molecule has 0 amide bonds. The average Bonchev–Trinajstić information content (AvgIpc) is 2.83. The summed E-state index contributed by atoms with van der Waals surface area (Å²) in [5, 5.41) is 12.4. The average molecular weight is 254 g/mol. The van der Waals surface area contributed by atoms with Gasteiger partial charge in [0.2, 0.25) is 0 Å². The van der Waals surface area contributed by atoms with Crippen LogP contribution < -0.4 is 0 Å². The fraction of sp³-hybridized carbons (Fsp3) is 0.667. The van der Waals surface area contributed by atoms with Crippen molar-refractivity contribution in [2.24, 2.45) is 5.41 Å². The summed E-state index contributed by atoms with van der Waals surface area (Å²) in [4.78, 5) is 17.9. The minimum absolute atomic E-state index is 0.487. The van der Waals surface area contributed by atoms with Gasteiger partial charge in [-0.1, -0.05) is 6.92 Å². The lowest BCUT2D eigenvalue weighted by Crippen LogP contribution is -2.43. The number of aromatic nitrogens is 1. The van der Waals surface area contributed by atoms with Crippen molar-refractivity contribution in [2.75, 3.05) is 13.1 Å². The molecule has 0 radical (unpaired) electrons. The zero-order valence-corrected chi connectivity index (χ0v) is 10.9. The Labute approximate surface area is 105 Å². The van der Waals surface area contributed by atoms with Crippen molar-refractivity contribution in [1.29, 1.82) is 0 Å². The van der Waals surface area contributed by atoms with Crippen LogP contribution in [0.5, 0.6) is 0 Å². The summed E-state index contributed by atoms with van der Waals surface area (Å²) < 4.78 is 0. The molecule has 0 aliphatic carbocycles. The fourth-order valence-electron chi connectivity index (χ4n) is 2.38. The molecule has 17 heavy (non-hydrogen) atoms. The van der Waals surface area contributed by atoms with Crippen LogP contribution in [-0.4, -0.2) is 34.0 Å². The minimum Gasteiger partial charge on any atom is -0.481 e. The smallest absolute Gasteiger partial charge is 0.309 e. The Kier molecular flexibility index (Phi) is 3.79. The largest absolute Gasteiger partial charge is 0.481 e. The summed E-state index contributed by atoms with van der Waals surface area (Å²) >= 11 is 1.66. The van der Waals surface area contributed by atoms with Gasteiger partial charge in [0.15, 0.2) is 0 Å². The van der Waals surface area contributed by atoms with E-state index in [9.17, 15) is 9.90 Å². The van der Waals surface area contributed by atoms with Gasteiger partial charge in [-0.05, 0) is 32.4 Å². The zero-order valence-electron chi connectivity index (χ0n) is 10.1. The van der Waals surface area contributed by atoms with Gasteiger partial charge in [0.25, 0.3) is 0 Å². The summed E-state index contributed by atoms with van der Waals surface area (Å²) in [6, 6.07) is 0. The van der Waals surface area contributed by atoms with E-state index in [1.807, 2.05) is 18.5 Å². The fourth-order valence-corrected chi connectivity index (χ4v) is 3.04. The van der Waals surface area contributed by atoms with Gasteiger partial charge in [-0.15, -0.1) is 11.3 Å². The molecule has 1 saturated heterocycles. The molecule has 1 aliphatic heterocycles. The van der Waals surface area contributed by atoms with Gasteiger partial charge in [0, 0.05) is 11.6 Å². The Hall–Kier alpha value is -0.940. The third-order valence-corrected chi connectivity index (χ3v) is 4.55. The first-order valence-corrected chi connectivity index (χ1v) is 6.88. The molecule has 0 atom stereocenters. The number of hydrogen-bond donors (Lipinski definition) is 1. The van der Waals surface area contributed by atoms with Gasteiger partial charge in [0.1, 0.15) is 5.01 Å². The molecule has 94 valence electrons. The Balaban J connectivity index is 1.91. The Morgan fingerprint density at radius 1 is 1.59 bits per heavy atom. The van der Waals surface area contributed by atoms with E-state index >= 15 is 0 Å². The van der Waals surface area contributed by atoms with E-state index in [-0.39, 0.29) is 0 Å². The standard InChI is InChI=1S/C12H18N2O2S/c1-2-12(11(15)16)3-6-14(7-4-12)9-10-13-5-8-17-10/h5,8H,2-4,6-7,9H2,1H3,(H,15,16). The van der Waals surface area contributed by atoms with Crippen LogP contribution in [0.15, 0.2) is 11.6 Å². The van der Waals surface area contributed by atoms with Gasteiger partial charge in [-0.25, -0.2) is 4.98 Å². The normalized spacial score (nSPS) is 20.3. The summed E-state index contributed by atoms with van der Waals surface area (Å²) in [5.74, 6) is -0.631. The van der Waals surface area contributed by atoms with Crippen molar-refractivity contribution in [1.82, 2.24) is 9.88 Å². The van der Waals surface area contributed by atoms with Crippen LogP contribution in [0, 0.1) is 5.41 Å². The van der Waals surface area contributed by atoms with E-state index in [1.165, 1.54) is 0 Å². The summed E-state index contributed by atoms with van der Waals surface area (Å²) in [6.45, 7) is 4.56. The predicted molar refractivity (Wildman–Crippen MR) is 67.0 cm³/mol. The van der Waals surface area contributed by atoms with E-state index in [2.05, 4.69) is 9.88 Å². The van der Waals surface area contributed by atoms with Crippen molar-refractivity contribution >= 4 is 17.3 Å². The third-order valence-electron chi connectivity index (χ3n) is 3.79. The molecule has 0 unspecified atom stereocenters. The molecule has 1 aliphatic rings. The molecule has 2 rings (SSSR count). The molecule has 4 nitrogen and oxygen atoms in total. The zero-order chi connectivity index (χ0) is 12.3. The van der Waals surface area contributed by atoms with Gasteiger partial charge in [-0.3, -0.25) is 9.69 Å². The predicted octanol–water partition coefficient (Wildman–Crippen LogP) is 2.22. The molecule has 0 aromatic carbocycles. The lowest BCUT2D eigenvalue weighted by Gasteiger charge is -2.37. The molecule has 0 spiro atoms. The number of carboxylic acid groups (broad SMARTS) is 1. The van der Waals surface area contributed by atoms with Crippen molar-refractivity contribution in [3.05, 3.63) is 16.6 Å². The second-order valence-corrected chi connectivity index (χ2v) is 5.62. The van der Waals surface area contributed by atoms with E-state index in [0.717, 1.165) is 43.9 Å². The van der Waals surface area contributed by atoms with Crippen LogP contribution in [0.25, 0.3) is 0 Å². The topological polar surface area (TPSA) is 53.4 Å². The SMILES string of the molecule is CCC1(C(=O)O)CCN(Cc2nccs2)CC1. The van der Waals surface area contributed by atoms with E-state index < -0.39 is 11.4 Å². The minimum atomic E-state index is -0.631. The Morgan fingerprint density at radius 2 is 2.29 bits per heavy atom. The van der Waals surface area contributed by atoms with Crippen LogP contribution in [0.3, 0.4) is 0 Å². The maximum Gasteiger partial charge on any atom is 0.309 e. The third kappa shape index (κ3) is 2.66. The van der Waals surface area contributed by atoms with Crippen LogP contribution in [0.2, 0.25) is 0 Å². The molecule has 0 saturated carbocycles. The summed E-state index contributed by atoms with van der Waals surface area (Å²) in [5.41, 5.74) is -0.487. The van der Waals surface area contributed by atoms with Gasteiger partial charge >= 0.3 is 5.97 Å². The van der Waals surface area contributed by atoms with Crippen LogP contribution >= 0.6 is 11.3 Å². The highest BCUT2D eigenvalue weighted by Gasteiger charge is 2.39. The van der Waals surface area contributed by atoms with Gasteiger partial charge in [-0.2, -0.15) is 0 Å². The first-order chi connectivity index (χ1) is 8.16. The first kappa shape index (κ1) is 12.5. The maximum absolute atomic E-state index is 11.3. The monoisotopic (exact) mass is 254 g/mol. The lowest BCUT2D eigenvalue weighted by atomic mass is 9.76. The van der Waals surface area contributed by atoms with Crippen LogP contribution in [-0.2, 0) is 11.3 Å². The number of rotatable bonds is 4. The molecule has 1 N–H and O–H groups in total. The van der Waals surface area contributed by atoms with Gasteiger partial charge < -0.3 is 5.11 Å². The van der Waals surface area contributed by atoms with Crippen molar-refractivity contribution in [3.63, 3.8) is 0 Å². The number of piperidine rings is 1. The number of carboxylic acids is 1. The Bertz CT molecular complexity index is 370. The van der Waals surface area contributed by atoms with Crippen molar-refractivity contribution in [2.45, 2.75) is 32.7 Å². The maximum atomic E-state index is 11.3. The molecule has 2 heterocycles. The highest BCUT2D eigenvalue weighted by atomic mass is 32.1. The molecular weight excluding hydrogens is 236 g/mol. The number of thiazole rings is 1. The first-order valence-electron chi connectivity index (χ1n) is 6.00. The van der Waals surface area contributed by atoms with Gasteiger partial charge in [0.05, 0.1) is 12.0 Å². The highest BCUT2D eigenvalue weighted by molar-refractivity contribution is 7.09. The highest BCUT2D eigenvalue weighted by Crippen LogP contribution is 2.35. The summed E-state index contributed by atoms with van der Waals surface area (Å²) in [6.07, 6.45) is 4.05. The number of aliphatic carboxylic acids is 1. The lowest BCUT2D eigenvalue weighted by molar-refractivity contribution is -0.152. The van der Waals surface area contributed by atoms with Crippen LogP contribution in [0.1, 0.15) is 31.2 Å². The van der Waals surface area contributed by atoms with Crippen LogP contribution in [0.4, 0.5) is 0 Å². The van der Waals surface area contributed by atoms with Crippen molar-refractivity contribution < 1.29 is 9.90 Å². The number of likely N-dealkylation sites (tertiary alicyclic amines) is 1. The second kappa shape index (κ2) is 5.14. The van der Waals surface area contributed by atoms with E-state index in [0.29, 0.717) is 0 Å². The molecular formula is C12H18N2O2S. The quantitative estimate of drug-likeness (QED) is 0.895. The number of nitrogens with zero attached hydrogens (tertiary/aromatic N) is 2. The van der Waals surface area contributed by atoms with E-state index in [4.69, 9.17) is 0 Å². The van der Waals surface area contributed by atoms with Crippen molar-refractivity contribution in [3.8, 4) is 0 Å². The molecule has 1 aromatic heterocycles. The Morgan fingerprint density at radius 3 is 2.76 bits per heavy atom.